The van der Waals surface area contributed by atoms with Gasteiger partial charge in [0.1, 0.15) is 5.75 Å². The van der Waals surface area contributed by atoms with Crippen LogP contribution in [0.1, 0.15) is 17.4 Å². The number of rotatable bonds is 2. The Kier molecular flexibility index (Phi) is 2.45. The molecule has 1 heterocycles. The summed E-state index contributed by atoms with van der Waals surface area (Å²) >= 11 is 0. The summed E-state index contributed by atoms with van der Waals surface area (Å²) in [5, 5.41) is 28.1. The summed E-state index contributed by atoms with van der Waals surface area (Å²) in [6.45, 7) is 1.42. The summed E-state index contributed by atoms with van der Waals surface area (Å²) in [6.07, 6.45) is 0. The van der Waals surface area contributed by atoms with E-state index in [1.807, 2.05) is 0 Å². The van der Waals surface area contributed by atoms with Crippen molar-refractivity contribution < 1.29 is 19.9 Å². The summed E-state index contributed by atoms with van der Waals surface area (Å²) in [6, 6.07) is 4.39. The SMILES string of the molecule is CC(=O)c1cc2cc(B(O)O)c(O)cc2[nH]1. The van der Waals surface area contributed by atoms with Crippen molar-refractivity contribution in [2.75, 3.05) is 0 Å². The minimum Gasteiger partial charge on any atom is -0.508 e. The first-order valence-corrected chi connectivity index (χ1v) is 4.71. The van der Waals surface area contributed by atoms with Crippen LogP contribution >= 0.6 is 0 Å². The molecule has 1 aromatic heterocycles. The first-order valence-electron chi connectivity index (χ1n) is 4.71. The third kappa shape index (κ3) is 1.68. The third-order valence-electron chi connectivity index (χ3n) is 2.43. The summed E-state index contributed by atoms with van der Waals surface area (Å²) in [5.74, 6) is -0.346. The van der Waals surface area contributed by atoms with Crippen LogP contribution in [-0.2, 0) is 0 Å². The first-order chi connectivity index (χ1) is 7.49. The molecule has 16 heavy (non-hydrogen) atoms. The van der Waals surface area contributed by atoms with Crippen LogP contribution in [0.4, 0.5) is 0 Å². The van der Waals surface area contributed by atoms with Gasteiger partial charge in [-0.15, -0.1) is 0 Å². The monoisotopic (exact) mass is 219 g/mol. The van der Waals surface area contributed by atoms with Gasteiger partial charge >= 0.3 is 7.12 Å². The molecule has 0 amide bonds. The Morgan fingerprint density at radius 2 is 2.00 bits per heavy atom. The molecule has 2 aromatic rings. The zero-order valence-electron chi connectivity index (χ0n) is 8.56. The lowest BCUT2D eigenvalue weighted by Gasteiger charge is -2.02. The van der Waals surface area contributed by atoms with Crippen LogP contribution in [-0.4, -0.2) is 33.0 Å². The van der Waals surface area contributed by atoms with E-state index in [1.165, 1.54) is 19.1 Å². The number of Topliss-reactive ketones (excluding diaryl/α,β-unsaturated/α-hetero) is 1. The van der Waals surface area contributed by atoms with Crippen LogP contribution < -0.4 is 5.46 Å². The van der Waals surface area contributed by atoms with E-state index in [0.717, 1.165) is 0 Å². The summed E-state index contributed by atoms with van der Waals surface area (Å²) in [4.78, 5) is 14.0. The first kappa shape index (κ1) is 10.7. The number of benzene rings is 1. The van der Waals surface area contributed by atoms with Crippen molar-refractivity contribution in [2.24, 2.45) is 0 Å². The molecule has 0 fully saturated rings. The van der Waals surface area contributed by atoms with Gasteiger partial charge in [0.25, 0.3) is 0 Å². The van der Waals surface area contributed by atoms with Crippen molar-refractivity contribution in [3.63, 3.8) is 0 Å². The minimum absolute atomic E-state index is 0.0154. The van der Waals surface area contributed by atoms with Gasteiger partial charge in [0.2, 0.25) is 0 Å². The predicted octanol–water partition coefficient (Wildman–Crippen LogP) is -0.244. The minimum atomic E-state index is -1.74. The summed E-state index contributed by atoms with van der Waals surface area (Å²) in [5.41, 5.74) is 1.01. The lowest BCUT2D eigenvalue weighted by Crippen LogP contribution is -2.29. The van der Waals surface area contributed by atoms with Crippen LogP contribution in [0, 0.1) is 0 Å². The number of fused-ring (bicyclic) bond motifs is 1. The second-order valence-electron chi connectivity index (χ2n) is 3.61. The fourth-order valence-corrected chi connectivity index (χ4v) is 1.58. The zero-order valence-corrected chi connectivity index (χ0v) is 8.56. The molecular formula is C10H10BNO4. The standard InChI is InChI=1S/C10H10BNO4/c1-5(13)8-3-6-2-7(11(15)16)10(14)4-9(6)12-8/h2-4,12,14-16H,1H3. The van der Waals surface area contributed by atoms with Crippen LogP contribution in [0.3, 0.4) is 0 Å². The van der Waals surface area contributed by atoms with Gasteiger partial charge in [-0.3, -0.25) is 4.79 Å². The average Bonchev–Trinajstić information content (AvgIpc) is 2.58. The molecule has 2 rings (SSSR count). The van der Waals surface area contributed by atoms with E-state index in [0.29, 0.717) is 16.6 Å². The number of H-pyrrole nitrogens is 1. The molecule has 5 nitrogen and oxygen atoms in total. The maximum Gasteiger partial charge on any atom is 0.492 e. The third-order valence-corrected chi connectivity index (χ3v) is 2.43. The average molecular weight is 219 g/mol. The van der Waals surface area contributed by atoms with Gasteiger partial charge < -0.3 is 20.1 Å². The fourth-order valence-electron chi connectivity index (χ4n) is 1.58. The normalized spacial score (nSPS) is 10.7. The van der Waals surface area contributed by atoms with Crippen LogP contribution in [0.5, 0.6) is 5.75 Å². The van der Waals surface area contributed by atoms with Gasteiger partial charge in [-0.2, -0.15) is 0 Å². The Balaban J connectivity index is 2.65. The van der Waals surface area contributed by atoms with E-state index in [2.05, 4.69) is 4.98 Å². The number of ketones is 1. The fraction of sp³-hybridized carbons (Fsp3) is 0.100. The lowest BCUT2D eigenvalue weighted by atomic mass is 9.79. The van der Waals surface area contributed by atoms with Crippen molar-refractivity contribution >= 4 is 29.3 Å². The van der Waals surface area contributed by atoms with Gasteiger partial charge in [0.05, 0.1) is 5.69 Å². The van der Waals surface area contributed by atoms with Crippen LogP contribution in [0.2, 0.25) is 0 Å². The molecule has 0 spiro atoms. The number of hydrogen-bond acceptors (Lipinski definition) is 4. The van der Waals surface area contributed by atoms with Crippen LogP contribution in [0.25, 0.3) is 10.9 Å². The second kappa shape index (κ2) is 3.66. The molecule has 0 unspecified atom stereocenters. The molecule has 1 aromatic carbocycles. The predicted molar refractivity (Wildman–Crippen MR) is 59.8 cm³/mol. The molecule has 0 aliphatic heterocycles. The molecule has 82 valence electrons. The highest BCUT2D eigenvalue weighted by Crippen LogP contribution is 2.19. The molecule has 0 atom stereocenters. The molecule has 0 bridgehead atoms. The number of nitrogens with one attached hydrogen (secondary N) is 1. The molecule has 4 N–H and O–H groups in total. The number of hydrogen-bond donors (Lipinski definition) is 4. The zero-order chi connectivity index (χ0) is 11.9. The van der Waals surface area contributed by atoms with Gasteiger partial charge in [-0.05, 0) is 12.1 Å². The van der Waals surface area contributed by atoms with E-state index in [1.54, 1.807) is 6.07 Å². The van der Waals surface area contributed by atoms with Crippen LogP contribution in [0.15, 0.2) is 18.2 Å². The van der Waals surface area contributed by atoms with Crippen molar-refractivity contribution in [3.8, 4) is 5.75 Å². The number of carbonyl (C=O) groups excluding carboxylic acids is 1. The van der Waals surface area contributed by atoms with Gasteiger partial charge in [0.15, 0.2) is 5.78 Å². The van der Waals surface area contributed by atoms with Crippen molar-refractivity contribution in [3.05, 3.63) is 23.9 Å². The molecule has 6 heteroatoms. The van der Waals surface area contributed by atoms with Gasteiger partial charge in [0, 0.05) is 29.4 Å². The molecule has 0 radical (unpaired) electrons. The quantitative estimate of drug-likeness (QED) is 0.414. The lowest BCUT2D eigenvalue weighted by molar-refractivity contribution is 0.101. The highest BCUT2D eigenvalue weighted by Gasteiger charge is 2.17. The smallest absolute Gasteiger partial charge is 0.492 e. The van der Waals surface area contributed by atoms with Gasteiger partial charge in [-0.1, -0.05) is 0 Å². The number of phenols is 1. The van der Waals surface area contributed by atoms with E-state index < -0.39 is 7.12 Å². The van der Waals surface area contributed by atoms with Crippen molar-refractivity contribution in [2.45, 2.75) is 6.92 Å². The Hall–Kier alpha value is -1.79. The highest BCUT2D eigenvalue weighted by molar-refractivity contribution is 6.60. The van der Waals surface area contributed by atoms with E-state index in [9.17, 15) is 9.90 Å². The number of aromatic hydroxyl groups is 1. The maximum atomic E-state index is 11.1. The second-order valence-corrected chi connectivity index (χ2v) is 3.61. The van der Waals surface area contributed by atoms with Gasteiger partial charge in [-0.25, -0.2) is 0 Å². The molecule has 0 saturated carbocycles. The number of carbonyl (C=O) groups is 1. The topological polar surface area (TPSA) is 93.6 Å². The Bertz CT molecular complexity index is 561. The largest absolute Gasteiger partial charge is 0.508 e. The van der Waals surface area contributed by atoms with Crippen molar-refractivity contribution in [1.82, 2.24) is 4.98 Å². The molecule has 0 saturated heterocycles. The maximum absolute atomic E-state index is 11.1. The van der Waals surface area contributed by atoms with Crippen molar-refractivity contribution in [1.29, 1.82) is 0 Å². The van der Waals surface area contributed by atoms with E-state index in [4.69, 9.17) is 10.0 Å². The number of aromatic nitrogens is 1. The number of phenolic OH excluding ortho intramolecular Hbond substituents is 1. The molecular weight excluding hydrogens is 209 g/mol. The Morgan fingerprint density at radius 1 is 1.31 bits per heavy atom. The van der Waals surface area contributed by atoms with E-state index >= 15 is 0 Å². The highest BCUT2D eigenvalue weighted by atomic mass is 16.4. The summed E-state index contributed by atoms with van der Waals surface area (Å²) < 4.78 is 0. The Morgan fingerprint density at radius 3 is 2.56 bits per heavy atom. The molecule has 0 aliphatic carbocycles. The Labute approximate surface area is 91.5 Å². The summed E-state index contributed by atoms with van der Waals surface area (Å²) in [7, 11) is -1.74. The van der Waals surface area contributed by atoms with E-state index in [-0.39, 0.29) is 17.0 Å². The molecule has 0 aliphatic rings. The number of aromatic amines is 1.